The molecule has 1 aliphatic heterocycles. The van der Waals surface area contributed by atoms with Crippen LogP contribution >= 0.6 is 0 Å². The van der Waals surface area contributed by atoms with E-state index in [1.54, 1.807) is 12.4 Å². The fourth-order valence-electron chi connectivity index (χ4n) is 4.71. The molecule has 3 aromatic rings. The first-order chi connectivity index (χ1) is 15.2. The Bertz CT molecular complexity index is 993. The molecule has 4 rings (SSSR count). The van der Waals surface area contributed by atoms with Gasteiger partial charge in [-0.2, -0.15) is 0 Å². The van der Waals surface area contributed by atoms with Crippen molar-refractivity contribution in [2.24, 2.45) is 5.41 Å². The molecular weight excluding hydrogens is 384 g/mol. The number of hydrogen-bond donors (Lipinski definition) is 1. The third-order valence-corrected chi connectivity index (χ3v) is 6.12. The van der Waals surface area contributed by atoms with Crippen LogP contribution < -0.4 is 5.32 Å². The van der Waals surface area contributed by atoms with Crippen LogP contribution in [-0.2, 0) is 17.8 Å². The van der Waals surface area contributed by atoms with Crippen molar-refractivity contribution in [3.63, 3.8) is 0 Å². The van der Waals surface area contributed by atoms with Crippen LogP contribution in [0.5, 0.6) is 0 Å². The number of rotatable bonds is 7. The zero-order chi connectivity index (χ0) is 21.5. The lowest BCUT2D eigenvalue weighted by molar-refractivity contribution is -0.134. The lowest BCUT2D eigenvalue weighted by atomic mass is 9.73. The molecule has 1 N–H and O–H groups in total. The molecule has 0 radical (unpaired) electrons. The molecule has 31 heavy (non-hydrogen) atoms. The summed E-state index contributed by atoms with van der Waals surface area (Å²) in [5, 5.41) is 3.13. The number of carbonyl (C=O) groups excluding carboxylic acids is 1. The van der Waals surface area contributed by atoms with Gasteiger partial charge in [-0.15, -0.1) is 0 Å². The fraction of sp³-hybridized carbons (Fsp3) is 0.346. The van der Waals surface area contributed by atoms with Crippen molar-refractivity contribution in [3.05, 3.63) is 84.4 Å². The third kappa shape index (κ3) is 5.00. The van der Waals surface area contributed by atoms with Gasteiger partial charge in [0.1, 0.15) is 0 Å². The van der Waals surface area contributed by atoms with Crippen molar-refractivity contribution in [3.8, 4) is 11.1 Å². The Kier molecular flexibility index (Phi) is 6.73. The number of carbonyl (C=O) groups is 1. The standard InChI is InChI=1S/C26H30N4O/c1-2-29-25(31)26(12-7-15-30(20-26)19-21-8-5-13-27-17-21)16-22-9-3-4-11-24(22)23-10-6-14-28-18-23/h3-6,8-11,13-14,17-18H,2,7,12,15-16,19-20H2,1H3,(H,29,31)/t26-/m0/s1. The van der Waals surface area contributed by atoms with Gasteiger partial charge in [-0.05, 0) is 61.6 Å². The summed E-state index contributed by atoms with van der Waals surface area (Å²) in [5.74, 6) is 0.159. The van der Waals surface area contributed by atoms with Crippen LogP contribution in [0.1, 0.15) is 30.9 Å². The monoisotopic (exact) mass is 414 g/mol. The molecule has 160 valence electrons. The topological polar surface area (TPSA) is 58.1 Å². The van der Waals surface area contributed by atoms with Gasteiger partial charge in [0.25, 0.3) is 0 Å². The molecule has 1 aromatic carbocycles. The van der Waals surface area contributed by atoms with Gasteiger partial charge in [0.2, 0.25) is 5.91 Å². The van der Waals surface area contributed by atoms with Gasteiger partial charge in [-0.3, -0.25) is 19.7 Å². The molecule has 2 aromatic heterocycles. The zero-order valence-electron chi connectivity index (χ0n) is 18.1. The number of amides is 1. The maximum atomic E-state index is 13.4. The van der Waals surface area contributed by atoms with Crippen LogP contribution in [0.2, 0.25) is 0 Å². The Hall–Kier alpha value is -3.05. The van der Waals surface area contributed by atoms with Crippen molar-refractivity contribution in [2.75, 3.05) is 19.6 Å². The van der Waals surface area contributed by atoms with Crippen LogP contribution in [0, 0.1) is 5.41 Å². The lowest BCUT2D eigenvalue weighted by Crippen LogP contribution is -2.53. The number of benzene rings is 1. The van der Waals surface area contributed by atoms with Crippen LogP contribution in [0.3, 0.4) is 0 Å². The van der Waals surface area contributed by atoms with E-state index in [-0.39, 0.29) is 5.91 Å². The minimum Gasteiger partial charge on any atom is -0.356 e. The molecule has 5 heteroatoms. The van der Waals surface area contributed by atoms with E-state index in [1.807, 2.05) is 31.5 Å². The minimum absolute atomic E-state index is 0.159. The highest BCUT2D eigenvalue weighted by atomic mass is 16.2. The average molecular weight is 415 g/mol. The molecule has 1 saturated heterocycles. The van der Waals surface area contributed by atoms with E-state index in [1.165, 1.54) is 11.1 Å². The Balaban J connectivity index is 1.64. The summed E-state index contributed by atoms with van der Waals surface area (Å²) in [5.41, 5.74) is 4.18. The number of pyridine rings is 2. The molecular formula is C26H30N4O. The number of nitrogens with one attached hydrogen (secondary N) is 1. The van der Waals surface area contributed by atoms with E-state index < -0.39 is 5.41 Å². The second kappa shape index (κ2) is 9.84. The van der Waals surface area contributed by atoms with Gasteiger partial charge < -0.3 is 5.32 Å². The molecule has 1 atom stereocenters. The van der Waals surface area contributed by atoms with Gasteiger partial charge in [-0.25, -0.2) is 0 Å². The second-order valence-corrected chi connectivity index (χ2v) is 8.39. The molecule has 1 aliphatic rings. The molecule has 1 fully saturated rings. The highest BCUT2D eigenvalue weighted by Gasteiger charge is 2.42. The van der Waals surface area contributed by atoms with E-state index in [0.717, 1.165) is 43.6 Å². The largest absolute Gasteiger partial charge is 0.356 e. The van der Waals surface area contributed by atoms with Gasteiger partial charge in [0.15, 0.2) is 0 Å². The normalized spacial score (nSPS) is 19.1. The van der Waals surface area contributed by atoms with Gasteiger partial charge in [0.05, 0.1) is 5.41 Å². The number of nitrogens with zero attached hydrogens (tertiary/aromatic N) is 3. The first-order valence-corrected chi connectivity index (χ1v) is 11.1. The molecule has 5 nitrogen and oxygen atoms in total. The predicted molar refractivity (Wildman–Crippen MR) is 123 cm³/mol. The number of hydrogen-bond acceptors (Lipinski definition) is 4. The van der Waals surface area contributed by atoms with Gasteiger partial charge in [-0.1, -0.05) is 36.4 Å². The van der Waals surface area contributed by atoms with Gasteiger partial charge in [0, 0.05) is 50.0 Å². The number of piperidine rings is 1. The lowest BCUT2D eigenvalue weighted by Gasteiger charge is -2.42. The van der Waals surface area contributed by atoms with Crippen molar-refractivity contribution in [1.29, 1.82) is 0 Å². The van der Waals surface area contributed by atoms with Crippen LogP contribution in [0.15, 0.2) is 73.3 Å². The Labute approximate surface area is 184 Å². The van der Waals surface area contributed by atoms with E-state index in [2.05, 4.69) is 56.6 Å². The maximum absolute atomic E-state index is 13.4. The van der Waals surface area contributed by atoms with E-state index >= 15 is 0 Å². The first-order valence-electron chi connectivity index (χ1n) is 11.1. The predicted octanol–water partition coefficient (Wildman–Crippen LogP) is 4.10. The summed E-state index contributed by atoms with van der Waals surface area (Å²) < 4.78 is 0. The highest BCUT2D eigenvalue weighted by molar-refractivity contribution is 5.84. The van der Waals surface area contributed by atoms with E-state index in [4.69, 9.17) is 0 Å². The van der Waals surface area contributed by atoms with E-state index in [9.17, 15) is 4.79 Å². The summed E-state index contributed by atoms with van der Waals surface area (Å²) in [4.78, 5) is 24.4. The molecule has 0 unspecified atom stereocenters. The van der Waals surface area contributed by atoms with Crippen molar-refractivity contribution < 1.29 is 4.79 Å². The summed E-state index contributed by atoms with van der Waals surface area (Å²) >= 11 is 0. The van der Waals surface area contributed by atoms with Crippen LogP contribution in [-0.4, -0.2) is 40.4 Å². The van der Waals surface area contributed by atoms with Crippen LogP contribution in [0.25, 0.3) is 11.1 Å². The Morgan fingerprint density at radius 2 is 1.87 bits per heavy atom. The number of likely N-dealkylation sites (tertiary alicyclic amines) is 1. The first kappa shape index (κ1) is 21.2. The van der Waals surface area contributed by atoms with Crippen LogP contribution in [0.4, 0.5) is 0 Å². The van der Waals surface area contributed by atoms with E-state index in [0.29, 0.717) is 13.0 Å². The number of aromatic nitrogens is 2. The average Bonchev–Trinajstić information content (AvgIpc) is 2.81. The molecule has 3 heterocycles. The van der Waals surface area contributed by atoms with Gasteiger partial charge >= 0.3 is 0 Å². The Morgan fingerprint density at radius 3 is 2.61 bits per heavy atom. The van der Waals surface area contributed by atoms with Crippen molar-refractivity contribution in [1.82, 2.24) is 20.2 Å². The minimum atomic E-state index is -0.450. The smallest absolute Gasteiger partial charge is 0.227 e. The third-order valence-electron chi connectivity index (χ3n) is 6.12. The molecule has 0 saturated carbocycles. The summed E-state index contributed by atoms with van der Waals surface area (Å²) in [6.07, 6.45) is 10.0. The molecule has 1 amide bonds. The SMILES string of the molecule is CCNC(=O)[C@]1(Cc2ccccc2-c2cccnc2)CCCN(Cc2cccnc2)C1. The van der Waals surface area contributed by atoms with Crippen molar-refractivity contribution >= 4 is 5.91 Å². The molecule has 0 bridgehead atoms. The highest BCUT2D eigenvalue weighted by Crippen LogP contribution is 2.37. The molecule has 0 spiro atoms. The molecule has 0 aliphatic carbocycles. The quantitative estimate of drug-likeness (QED) is 0.632. The maximum Gasteiger partial charge on any atom is 0.227 e. The van der Waals surface area contributed by atoms with Crippen molar-refractivity contribution in [2.45, 2.75) is 32.7 Å². The zero-order valence-corrected chi connectivity index (χ0v) is 18.1. The summed E-state index contributed by atoms with van der Waals surface area (Å²) in [6, 6.07) is 16.5. The second-order valence-electron chi connectivity index (χ2n) is 8.39. The summed E-state index contributed by atoms with van der Waals surface area (Å²) in [6.45, 7) is 5.20. The Morgan fingerprint density at radius 1 is 1.06 bits per heavy atom. The summed E-state index contributed by atoms with van der Waals surface area (Å²) in [7, 11) is 0. The fourth-order valence-corrected chi connectivity index (χ4v) is 4.71.